The molecule has 2 N–H and O–H groups in total. The second-order valence-corrected chi connectivity index (χ2v) is 8.75. The summed E-state index contributed by atoms with van der Waals surface area (Å²) in [5.74, 6) is -3.53. The third kappa shape index (κ3) is 5.84. The molecule has 2 saturated carbocycles. The smallest absolute Gasteiger partial charge is 0.260 e. The van der Waals surface area contributed by atoms with Crippen molar-refractivity contribution in [2.24, 2.45) is 0 Å². The number of halogens is 5. The van der Waals surface area contributed by atoms with Gasteiger partial charge in [0.05, 0.1) is 5.56 Å². The van der Waals surface area contributed by atoms with E-state index in [1.165, 1.54) is 17.4 Å². The number of nitrogens with zero attached hydrogens (tertiary/aromatic N) is 2. The van der Waals surface area contributed by atoms with E-state index >= 15 is 0 Å². The lowest BCUT2D eigenvalue weighted by Gasteiger charge is -2.29. The Labute approximate surface area is 189 Å². The zero-order valence-corrected chi connectivity index (χ0v) is 18.6. The summed E-state index contributed by atoms with van der Waals surface area (Å²) in [6.45, 7) is 1.77. The summed E-state index contributed by atoms with van der Waals surface area (Å²) < 4.78 is 40.7. The first-order valence-corrected chi connectivity index (χ1v) is 10.2. The third-order valence-electron chi connectivity index (χ3n) is 5.37. The predicted molar refractivity (Wildman–Crippen MR) is 115 cm³/mol. The number of rotatable bonds is 5. The van der Waals surface area contributed by atoms with E-state index in [0.29, 0.717) is 23.0 Å². The molecule has 1 aromatic carbocycles. The van der Waals surface area contributed by atoms with Crippen LogP contribution in [0, 0.1) is 12.7 Å². The fourth-order valence-electron chi connectivity index (χ4n) is 3.72. The van der Waals surface area contributed by atoms with Crippen LogP contribution >= 0.6 is 36.2 Å². The van der Waals surface area contributed by atoms with Crippen molar-refractivity contribution >= 4 is 47.2 Å². The minimum atomic E-state index is -2.54. The topological polar surface area (TPSA) is 66.9 Å². The third-order valence-corrected chi connectivity index (χ3v) is 6.12. The molecule has 30 heavy (non-hydrogen) atoms. The number of hydrogen-bond donors (Lipinski definition) is 2. The summed E-state index contributed by atoms with van der Waals surface area (Å²) in [5.41, 5.74) is 0.840. The van der Waals surface area contributed by atoms with Gasteiger partial charge in [0.1, 0.15) is 10.8 Å². The lowest BCUT2D eigenvalue weighted by molar-refractivity contribution is -0.0405. The SMILES string of the molecule is Cc1nnc(NC(=O)c2cc(C3CC3NC3CCC(F)(F)CC3)ccc2F)s1.Cl.Cl. The largest absolute Gasteiger partial charge is 0.311 e. The Morgan fingerprint density at radius 2 is 1.90 bits per heavy atom. The van der Waals surface area contributed by atoms with Gasteiger partial charge in [0.15, 0.2) is 0 Å². The number of aryl methyl sites for hydroxylation is 1. The number of aromatic nitrogens is 2. The van der Waals surface area contributed by atoms with Crippen LogP contribution in [-0.2, 0) is 0 Å². The summed E-state index contributed by atoms with van der Waals surface area (Å²) in [6, 6.07) is 4.83. The van der Waals surface area contributed by atoms with Gasteiger partial charge in [-0.25, -0.2) is 13.2 Å². The number of carbonyl (C=O) groups excluding carboxylic acids is 1. The van der Waals surface area contributed by atoms with Crippen molar-refractivity contribution in [2.45, 2.75) is 63.0 Å². The zero-order valence-electron chi connectivity index (χ0n) is 16.2. The predicted octanol–water partition coefficient (Wildman–Crippen LogP) is 5.10. The van der Waals surface area contributed by atoms with Crippen molar-refractivity contribution in [3.63, 3.8) is 0 Å². The number of carbonyl (C=O) groups is 1. The molecule has 11 heteroatoms. The molecule has 1 aromatic heterocycles. The molecule has 4 rings (SSSR count). The second kappa shape index (κ2) is 9.80. The van der Waals surface area contributed by atoms with Crippen molar-refractivity contribution in [1.29, 1.82) is 0 Å². The molecule has 2 aromatic rings. The summed E-state index contributed by atoms with van der Waals surface area (Å²) in [6.07, 6.45) is 1.64. The number of alkyl halides is 2. The van der Waals surface area contributed by atoms with E-state index < -0.39 is 17.6 Å². The molecule has 2 aliphatic rings. The van der Waals surface area contributed by atoms with Crippen LogP contribution in [0.5, 0.6) is 0 Å². The number of benzene rings is 1. The molecule has 2 unspecified atom stereocenters. The lowest BCUT2D eigenvalue weighted by Crippen LogP contribution is -2.38. The quantitative estimate of drug-likeness (QED) is 0.621. The van der Waals surface area contributed by atoms with Gasteiger partial charge in [-0.05, 0) is 43.9 Å². The highest BCUT2D eigenvalue weighted by Crippen LogP contribution is 2.43. The van der Waals surface area contributed by atoms with Crippen LogP contribution in [-0.4, -0.2) is 34.1 Å². The number of anilines is 1. The average molecular weight is 483 g/mol. The Morgan fingerprint density at radius 1 is 1.20 bits per heavy atom. The second-order valence-electron chi connectivity index (χ2n) is 7.57. The molecule has 0 aliphatic heterocycles. The van der Waals surface area contributed by atoms with Gasteiger partial charge in [-0.1, -0.05) is 17.4 Å². The molecule has 0 radical (unpaired) electrons. The molecule has 5 nitrogen and oxygen atoms in total. The first-order chi connectivity index (χ1) is 13.3. The summed E-state index contributed by atoms with van der Waals surface area (Å²) in [5, 5.41) is 14.7. The normalized spacial score (nSPS) is 22.5. The van der Waals surface area contributed by atoms with Gasteiger partial charge in [-0.3, -0.25) is 10.1 Å². The van der Waals surface area contributed by atoms with E-state index in [2.05, 4.69) is 20.8 Å². The molecular formula is C19H23Cl2F3N4OS. The summed E-state index contributed by atoms with van der Waals surface area (Å²) >= 11 is 1.22. The van der Waals surface area contributed by atoms with E-state index in [1.54, 1.807) is 19.1 Å². The van der Waals surface area contributed by atoms with Crippen molar-refractivity contribution in [1.82, 2.24) is 15.5 Å². The fraction of sp³-hybridized carbons (Fsp3) is 0.526. The van der Waals surface area contributed by atoms with Gasteiger partial charge in [0.25, 0.3) is 5.91 Å². The molecule has 0 saturated heterocycles. The molecule has 2 aliphatic carbocycles. The molecule has 1 amide bonds. The molecule has 1 heterocycles. The zero-order chi connectivity index (χ0) is 19.9. The van der Waals surface area contributed by atoms with Crippen LogP contribution in [0.3, 0.4) is 0 Å². The van der Waals surface area contributed by atoms with Crippen molar-refractivity contribution < 1.29 is 18.0 Å². The van der Waals surface area contributed by atoms with Crippen molar-refractivity contribution in [3.05, 3.63) is 40.2 Å². The van der Waals surface area contributed by atoms with Gasteiger partial charge in [-0.15, -0.1) is 35.0 Å². The minimum absolute atomic E-state index is 0. The van der Waals surface area contributed by atoms with Crippen molar-refractivity contribution in [2.75, 3.05) is 5.32 Å². The number of hydrogen-bond acceptors (Lipinski definition) is 5. The maximum absolute atomic E-state index is 14.2. The Bertz CT molecular complexity index is 888. The van der Waals surface area contributed by atoms with Crippen LogP contribution in [0.15, 0.2) is 18.2 Å². The first-order valence-electron chi connectivity index (χ1n) is 9.35. The van der Waals surface area contributed by atoms with Crippen LogP contribution in [0.2, 0.25) is 0 Å². The molecule has 2 atom stereocenters. The monoisotopic (exact) mass is 482 g/mol. The minimum Gasteiger partial charge on any atom is -0.311 e. The molecule has 2 fully saturated rings. The Balaban J connectivity index is 0.00000160. The van der Waals surface area contributed by atoms with Gasteiger partial charge in [-0.2, -0.15) is 0 Å². The van der Waals surface area contributed by atoms with E-state index in [0.717, 1.165) is 12.0 Å². The maximum Gasteiger partial charge on any atom is 0.260 e. The van der Waals surface area contributed by atoms with E-state index in [-0.39, 0.29) is 61.2 Å². The van der Waals surface area contributed by atoms with Crippen LogP contribution in [0.1, 0.15) is 59.0 Å². The number of nitrogens with one attached hydrogen (secondary N) is 2. The van der Waals surface area contributed by atoms with Gasteiger partial charge in [0, 0.05) is 30.8 Å². The van der Waals surface area contributed by atoms with Crippen LogP contribution in [0.4, 0.5) is 18.3 Å². The fourth-order valence-corrected chi connectivity index (χ4v) is 4.30. The maximum atomic E-state index is 14.2. The Hall–Kier alpha value is -1.42. The average Bonchev–Trinajstić information content (AvgIpc) is 3.29. The van der Waals surface area contributed by atoms with Crippen LogP contribution in [0.25, 0.3) is 0 Å². The van der Waals surface area contributed by atoms with E-state index in [9.17, 15) is 18.0 Å². The highest BCUT2D eigenvalue weighted by molar-refractivity contribution is 7.15. The van der Waals surface area contributed by atoms with E-state index in [4.69, 9.17) is 0 Å². The Kier molecular flexibility index (Phi) is 8.12. The van der Waals surface area contributed by atoms with Crippen molar-refractivity contribution in [3.8, 4) is 0 Å². The first kappa shape index (κ1) is 24.8. The highest BCUT2D eigenvalue weighted by atomic mass is 35.5. The Morgan fingerprint density at radius 3 is 2.53 bits per heavy atom. The summed E-state index contributed by atoms with van der Waals surface area (Å²) in [4.78, 5) is 12.4. The van der Waals surface area contributed by atoms with Crippen LogP contribution < -0.4 is 10.6 Å². The van der Waals surface area contributed by atoms with Gasteiger partial charge in [0.2, 0.25) is 11.1 Å². The molecule has 0 bridgehead atoms. The molecular weight excluding hydrogens is 460 g/mol. The standard InChI is InChI=1S/C19H21F3N4OS.2ClH/c1-10-25-26-18(28-10)24-17(27)14-8-11(2-3-15(14)20)13-9-16(13)23-12-4-6-19(21,22)7-5-12;;/h2-3,8,12-13,16,23H,4-7,9H2,1H3,(H,24,26,27);2*1H. The number of amides is 1. The molecule has 166 valence electrons. The van der Waals surface area contributed by atoms with Gasteiger partial charge < -0.3 is 5.32 Å². The highest BCUT2D eigenvalue weighted by Gasteiger charge is 2.42. The summed E-state index contributed by atoms with van der Waals surface area (Å²) in [7, 11) is 0. The molecule has 0 spiro atoms. The van der Waals surface area contributed by atoms with Gasteiger partial charge >= 0.3 is 0 Å². The van der Waals surface area contributed by atoms with E-state index in [1.807, 2.05) is 0 Å². The lowest BCUT2D eigenvalue weighted by atomic mass is 9.92.